The standard InChI is InChI=1S/C14H16BClN2O5/c1-17-8-13(19)22-15(23-14(20)9-17)12(7-18(2)21)10-3-5-11(16)6-4-10/h3-7,12H,8-9H2,1-2H3/b18-7-. The highest BCUT2D eigenvalue weighted by Crippen LogP contribution is 2.22. The molecular weight excluding hydrogens is 322 g/mol. The Bertz CT molecular complexity index is 598. The van der Waals surface area contributed by atoms with Gasteiger partial charge in [0.2, 0.25) is 0 Å². The largest absolute Gasteiger partial charge is 0.624 e. The van der Waals surface area contributed by atoms with Gasteiger partial charge in [-0.25, -0.2) is 4.74 Å². The predicted molar refractivity (Wildman–Crippen MR) is 85.2 cm³/mol. The Labute approximate surface area is 139 Å². The van der Waals surface area contributed by atoms with Crippen LogP contribution in [0, 0.1) is 5.21 Å². The van der Waals surface area contributed by atoms with Crippen LogP contribution in [0.5, 0.6) is 0 Å². The number of hydroxylamine groups is 1. The zero-order valence-corrected chi connectivity index (χ0v) is 13.5. The number of hydrogen-bond acceptors (Lipinski definition) is 6. The van der Waals surface area contributed by atoms with E-state index in [-0.39, 0.29) is 13.1 Å². The second-order valence-electron chi connectivity index (χ2n) is 5.29. The summed E-state index contributed by atoms with van der Waals surface area (Å²) in [6.45, 7) is -0.0711. The highest BCUT2D eigenvalue weighted by atomic mass is 35.5. The second-order valence-corrected chi connectivity index (χ2v) is 5.73. The smallest absolute Gasteiger partial charge is 0.617 e. The van der Waals surface area contributed by atoms with E-state index in [0.29, 0.717) is 15.3 Å². The molecule has 0 N–H and O–H groups in total. The number of likely N-dealkylation sites (N-methyl/N-ethyl adjacent to an activating group) is 1. The minimum absolute atomic E-state index is 0.0356. The molecule has 0 aliphatic carbocycles. The Hall–Kier alpha value is -2.06. The van der Waals surface area contributed by atoms with E-state index in [1.54, 1.807) is 31.3 Å². The van der Waals surface area contributed by atoms with Crippen molar-refractivity contribution >= 4 is 36.9 Å². The van der Waals surface area contributed by atoms with Crippen molar-refractivity contribution in [3.63, 3.8) is 0 Å². The number of halogens is 1. The molecule has 1 fully saturated rings. The molecule has 1 atom stereocenters. The Balaban J connectivity index is 2.33. The number of hydrogen-bond donors (Lipinski definition) is 0. The summed E-state index contributed by atoms with van der Waals surface area (Å²) in [6, 6.07) is 6.64. The number of nitrogens with zero attached hydrogens (tertiary/aromatic N) is 2. The Kier molecular flexibility index (Phi) is 5.62. The lowest BCUT2D eigenvalue weighted by Gasteiger charge is -2.25. The van der Waals surface area contributed by atoms with Crippen LogP contribution in [-0.4, -0.2) is 62.1 Å². The highest BCUT2D eigenvalue weighted by molar-refractivity contribution is 6.54. The van der Waals surface area contributed by atoms with Gasteiger partial charge in [0.15, 0.2) is 6.21 Å². The third kappa shape index (κ3) is 4.97. The van der Waals surface area contributed by atoms with Gasteiger partial charge < -0.3 is 14.5 Å². The summed E-state index contributed by atoms with van der Waals surface area (Å²) in [5.41, 5.74) is 0.636. The van der Waals surface area contributed by atoms with Crippen LogP contribution >= 0.6 is 11.6 Å². The van der Waals surface area contributed by atoms with Gasteiger partial charge in [-0.15, -0.1) is 0 Å². The molecule has 0 aromatic heterocycles. The number of benzene rings is 1. The van der Waals surface area contributed by atoms with Crippen LogP contribution in [0.4, 0.5) is 0 Å². The maximum Gasteiger partial charge on any atom is 0.617 e. The topological polar surface area (TPSA) is 81.9 Å². The molecule has 1 aliphatic heterocycles. The summed E-state index contributed by atoms with van der Waals surface area (Å²) in [6.07, 6.45) is 1.28. The minimum atomic E-state index is -1.21. The molecule has 0 saturated carbocycles. The third-order valence-corrected chi connectivity index (χ3v) is 3.46. The minimum Gasteiger partial charge on any atom is -0.624 e. The third-order valence-electron chi connectivity index (χ3n) is 3.21. The van der Waals surface area contributed by atoms with Gasteiger partial charge in [-0.2, -0.15) is 0 Å². The van der Waals surface area contributed by atoms with Gasteiger partial charge in [0.25, 0.3) is 0 Å². The number of carbonyl (C=O) groups is 2. The first kappa shape index (κ1) is 17.3. The molecule has 9 heteroatoms. The van der Waals surface area contributed by atoms with Crippen molar-refractivity contribution in [2.75, 3.05) is 27.2 Å². The van der Waals surface area contributed by atoms with Crippen LogP contribution in [0.1, 0.15) is 11.4 Å². The molecule has 122 valence electrons. The van der Waals surface area contributed by atoms with Crippen molar-refractivity contribution in [3.05, 3.63) is 40.1 Å². The van der Waals surface area contributed by atoms with Gasteiger partial charge in [0, 0.05) is 5.02 Å². The summed E-state index contributed by atoms with van der Waals surface area (Å²) in [4.78, 5) is 25.2. The molecule has 1 unspecified atom stereocenters. The molecule has 7 nitrogen and oxygen atoms in total. The van der Waals surface area contributed by atoms with E-state index >= 15 is 0 Å². The van der Waals surface area contributed by atoms with E-state index < -0.39 is 24.9 Å². The fourth-order valence-electron chi connectivity index (χ4n) is 2.23. The van der Waals surface area contributed by atoms with Crippen molar-refractivity contribution in [2.24, 2.45) is 0 Å². The summed E-state index contributed by atoms with van der Waals surface area (Å²) in [5, 5.41) is 12.0. The van der Waals surface area contributed by atoms with E-state index in [0.717, 1.165) is 0 Å². The van der Waals surface area contributed by atoms with Crippen molar-refractivity contribution in [2.45, 2.75) is 5.82 Å². The molecule has 1 heterocycles. The Morgan fingerprint density at radius 1 is 1.26 bits per heavy atom. The van der Waals surface area contributed by atoms with Crippen LogP contribution < -0.4 is 0 Å². The molecule has 0 spiro atoms. The summed E-state index contributed by atoms with van der Waals surface area (Å²) in [7, 11) is 1.70. The van der Waals surface area contributed by atoms with Gasteiger partial charge in [-0.3, -0.25) is 14.5 Å². The lowest BCUT2D eigenvalue weighted by atomic mass is 9.68. The van der Waals surface area contributed by atoms with Gasteiger partial charge in [-0.1, -0.05) is 23.7 Å². The fourth-order valence-corrected chi connectivity index (χ4v) is 2.35. The van der Waals surface area contributed by atoms with Gasteiger partial charge in [0.05, 0.1) is 13.1 Å². The maximum atomic E-state index is 11.9. The average molecular weight is 339 g/mol. The quantitative estimate of drug-likeness (QED) is 0.265. The molecule has 1 aliphatic rings. The van der Waals surface area contributed by atoms with Gasteiger partial charge >= 0.3 is 19.1 Å². The second kappa shape index (κ2) is 7.48. The van der Waals surface area contributed by atoms with Crippen LogP contribution in [0.2, 0.25) is 5.02 Å². The van der Waals surface area contributed by atoms with E-state index in [1.807, 2.05) is 0 Å². The molecule has 1 aromatic carbocycles. The first-order valence-corrected chi connectivity index (χ1v) is 7.31. The molecular formula is C14H16BClN2O5. The molecule has 0 radical (unpaired) electrons. The molecule has 2 rings (SSSR count). The number of carbonyl (C=O) groups excluding carboxylic acids is 2. The average Bonchev–Trinajstić information content (AvgIpc) is 2.43. The van der Waals surface area contributed by atoms with Crippen molar-refractivity contribution in [3.8, 4) is 0 Å². The monoisotopic (exact) mass is 338 g/mol. The van der Waals surface area contributed by atoms with Gasteiger partial charge in [-0.05, 0) is 24.7 Å². The number of rotatable bonds is 3. The summed E-state index contributed by atoms with van der Waals surface area (Å²) in [5.74, 6) is -1.80. The SMILES string of the molecule is CN1CC(=O)OB(C(/C=[N+](/C)[O-])c2ccc(Cl)cc2)OC(=O)C1. The summed E-state index contributed by atoms with van der Waals surface area (Å²) < 4.78 is 11.0. The van der Waals surface area contributed by atoms with Crippen LogP contribution in [0.3, 0.4) is 0 Å². The van der Waals surface area contributed by atoms with E-state index in [4.69, 9.17) is 20.9 Å². The zero-order chi connectivity index (χ0) is 17.0. The van der Waals surface area contributed by atoms with Crippen molar-refractivity contribution < 1.29 is 23.6 Å². The highest BCUT2D eigenvalue weighted by Gasteiger charge is 2.41. The molecule has 1 aromatic rings. The maximum absolute atomic E-state index is 11.9. The molecule has 0 amide bonds. The van der Waals surface area contributed by atoms with Crippen LogP contribution in [-0.2, 0) is 18.9 Å². The van der Waals surface area contributed by atoms with Crippen LogP contribution in [0.25, 0.3) is 0 Å². The van der Waals surface area contributed by atoms with E-state index in [2.05, 4.69) is 0 Å². The molecule has 23 heavy (non-hydrogen) atoms. The van der Waals surface area contributed by atoms with Gasteiger partial charge in [0.1, 0.15) is 12.9 Å². The first-order valence-electron chi connectivity index (χ1n) is 6.93. The lowest BCUT2D eigenvalue weighted by Crippen LogP contribution is -2.45. The lowest BCUT2D eigenvalue weighted by molar-refractivity contribution is -0.418. The predicted octanol–water partition coefficient (Wildman–Crippen LogP) is 0.694. The Morgan fingerprint density at radius 3 is 2.26 bits per heavy atom. The molecule has 1 saturated heterocycles. The first-order chi connectivity index (χ1) is 10.8. The summed E-state index contributed by atoms with van der Waals surface area (Å²) >= 11 is 5.86. The van der Waals surface area contributed by atoms with E-state index in [1.165, 1.54) is 18.2 Å². The van der Waals surface area contributed by atoms with Crippen LogP contribution in [0.15, 0.2) is 24.3 Å². The van der Waals surface area contributed by atoms with Crippen molar-refractivity contribution in [1.82, 2.24) is 4.90 Å². The zero-order valence-electron chi connectivity index (χ0n) is 12.8. The molecule has 0 bridgehead atoms. The fraction of sp³-hybridized carbons (Fsp3) is 0.357. The van der Waals surface area contributed by atoms with Crippen molar-refractivity contribution in [1.29, 1.82) is 0 Å². The Morgan fingerprint density at radius 2 is 1.78 bits per heavy atom. The van der Waals surface area contributed by atoms with E-state index in [9.17, 15) is 14.8 Å². The normalized spacial score (nSPS) is 18.7.